The number of aromatic nitrogens is 3. The standard InChI is InChI=1S/C22H26FN5O/c1-27(2)18-6-4-14(5-7-18)22(29)26-21-10-16-8-15(17-11-25-28(3)13-17)9-20(23)19(16)12-24-21/h8-14,18H,4-7H2,1-3H3,(H,24,26,29)/t14-,18-. The van der Waals surface area contributed by atoms with Crippen molar-refractivity contribution in [2.45, 2.75) is 31.7 Å². The average Bonchev–Trinajstić information content (AvgIpc) is 3.14. The summed E-state index contributed by atoms with van der Waals surface area (Å²) in [6, 6.07) is 5.67. The van der Waals surface area contributed by atoms with Crippen molar-refractivity contribution < 1.29 is 9.18 Å². The zero-order valence-electron chi connectivity index (χ0n) is 17.0. The molecule has 6 nitrogen and oxygen atoms in total. The number of anilines is 1. The van der Waals surface area contributed by atoms with Crippen molar-refractivity contribution in [1.29, 1.82) is 0 Å². The zero-order chi connectivity index (χ0) is 20.5. The summed E-state index contributed by atoms with van der Waals surface area (Å²) in [6.07, 6.45) is 8.83. The van der Waals surface area contributed by atoms with Crippen molar-refractivity contribution in [1.82, 2.24) is 19.7 Å². The molecule has 4 rings (SSSR count). The van der Waals surface area contributed by atoms with Crippen molar-refractivity contribution >= 4 is 22.5 Å². The topological polar surface area (TPSA) is 63.1 Å². The summed E-state index contributed by atoms with van der Waals surface area (Å²) < 4.78 is 16.2. The Hall–Kier alpha value is -2.80. The quantitative estimate of drug-likeness (QED) is 0.729. The first-order valence-electron chi connectivity index (χ1n) is 9.96. The maximum Gasteiger partial charge on any atom is 0.228 e. The van der Waals surface area contributed by atoms with Gasteiger partial charge in [-0.2, -0.15) is 5.10 Å². The molecule has 0 bridgehead atoms. The van der Waals surface area contributed by atoms with Crippen molar-refractivity contribution in [3.05, 3.63) is 42.6 Å². The minimum Gasteiger partial charge on any atom is -0.310 e. The Balaban J connectivity index is 1.53. The zero-order valence-corrected chi connectivity index (χ0v) is 17.0. The lowest BCUT2D eigenvalue weighted by Crippen LogP contribution is -2.35. The highest BCUT2D eigenvalue weighted by atomic mass is 19.1. The molecule has 1 aliphatic rings. The Morgan fingerprint density at radius 1 is 1.14 bits per heavy atom. The van der Waals surface area contributed by atoms with Gasteiger partial charge in [-0.1, -0.05) is 0 Å². The van der Waals surface area contributed by atoms with Crippen molar-refractivity contribution in [3.63, 3.8) is 0 Å². The summed E-state index contributed by atoms with van der Waals surface area (Å²) >= 11 is 0. The number of halogens is 1. The van der Waals surface area contributed by atoms with Gasteiger partial charge >= 0.3 is 0 Å². The van der Waals surface area contributed by atoms with Crippen LogP contribution in [-0.2, 0) is 11.8 Å². The molecule has 1 fully saturated rings. The van der Waals surface area contributed by atoms with E-state index < -0.39 is 0 Å². The summed E-state index contributed by atoms with van der Waals surface area (Å²) in [5.74, 6) is 0.119. The molecule has 1 amide bonds. The van der Waals surface area contributed by atoms with E-state index in [2.05, 4.69) is 34.4 Å². The third-order valence-electron chi connectivity index (χ3n) is 5.87. The highest BCUT2D eigenvalue weighted by Crippen LogP contribution is 2.30. The van der Waals surface area contributed by atoms with Crippen LogP contribution in [0.15, 0.2) is 36.8 Å². The van der Waals surface area contributed by atoms with E-state index in [1.54, 1.807) is 16.9 Å². The molecule has 1 N–H and O–H groups in total. The fourth-order valence-corrected chi connectivity index (χ4v) is 4.10. The van der Waals surface area contributed by atoms with Crippen LogP contribution in [-0.4, -0.2) is 45.7 Å². The van der Waals surface area contributed by atoms with Crippen LogP contribution in [0, 0.1) is 11.7 Å². The van der Waals surface area contributed by atoms with E-state index >= 15 is 0 Å². The number of pyridine rings is 1. The van der Waals surface area contributed by atoms with Crippen LogP contribution in [0.25, 0.3) is 21.9 Å². The summed E-state index contributed by atoms with van der Waals surface area (Å²) in [6.45, 7) is 0. The number of hydrogen-bond acceptors (Lipinski definition) is 4. The van der Waals surface area contributed by atoms with Gasteiger partial charge in [0.15, 0.2) is 0 Å². The molecule has 0 radical (unpaired) electrons. The molecular weight excluding hydrogens is 369 g/mol. The number of carbonyl (C=O) groups excluding carboxylic acids is 1. The molecule has 7 heteroatoms. The Labute approximate surface area is 169 Å². The largest absolute Gasteiger partial charge is 0.310 e. The van der Waals surface area contributed by atoms with Crippen LogP contribution in [0.4, 0.5) is 10.2 Å². The van der Waals surface area contributed by atoms with Crippen LogP contribution in [0.2, 0.25) is 0 Å². The SMILES string of the molecule is Cn1cc(-c2cc(F)c3cnc(NC(=O)[C@H]4CC[C@H](N(C)C)CC4)cc3c2)cn1. The summed E-state index contributed by atoms with van der Waals surface area (Å²) in [7, 11) is 6.00. The number of fused-ring (bicyclic) bond motifs is 1. The van der Waals surface area contributed by atoms with Gasteiger partial charge in [-0.25, -0.2) is 9.37 Å². The lowest BCUT2D eigenvalue weighted by atomic mass is 9.85. The van der Waals surface area contributed by atoms with Crippen molar-refractivity contribution in [3.8, 4) is 11.1 Å². The molecule has 2 aromatic heterocycles. The molecular formula is C22H26FN5O. The fourth-order valence-electron chi connectivity index (χ4n) is 4.10. The van der Waals surface area contributed by atoms with Gasteiger partial charge in [0, 0.05) is 42.4 Å². The highest BCUT2D eigenvalue weighted by molar-refractivity contribution is 5.95. The Kier molecular flexibility index (Phi) is 5.32. The monoisotopic (exact) mass is 395 g/mol. The molecule has 2 heterocycles. The van der Waals surface area contributed by atoms with E-state index in [1.807, 2.05) is 19.3 Å². The van der Waals surface area contributed by atoms with Gasteiger partial charge in [0.05, 0.1) is 6.20 Å². The normalized spacial score (nSPS) is 19.6. The maximum atomic E-state index is 14.6. The third-order valence-corrected chi connectivity index (χ3v) is 5.87. The number of amides is 1. The molecule has 0 unspecified atom stereocenters. The minimum absolute atomic E-state index is 0.00191. The van der Waals surface area contributed by atoms with Gasteiger partial charge in [-0.05, 0) is 68.9 Å². The van der Waals surface area contributed by atoms with Gasteiger partial charge in [0.1, 0.15) is 11.6 Å². The van der Waals surface area contributed by atoms with Crippen LogP contribution in [0.3, 0.4) is 0 Å². The number of aryl methyl sites for hydroxylation is 1. The summed E-state index contributed by atoms with van der Waals surface area (Å²) in [5.41, 5.74) is 1.59. The summed E-state index contributed by atoms with van der Waals surface area (Å²) in [4.78, 5) is 19.2. The second-order valence-corrected chi connectivity index (χ2v) is 8.11. The molecule has 0 spiro atoms. The summed E-state index contributed by atoms with van der Waals surface area (Å²) in [5, 5.41) is 8.21. The third kappa shape index (κ3) is 4.15. The lowest BCUT2D eigenvalue weighted by molar-refractivity contribution is -0.121. The van der Waals surface area contributed by atoms with E-state index in [1.165, 1.54) is 12.3 Å². The molecule has 29 heavy (non-hydrogen) atoms. The van der Waals surface area contributed by atoms with Gasteiger partial charge in [-0.15, -0.1) is 0 Å². The highest BCUT2D eigenvalue weighted by Gasteiger charge is 2.27. The number of carbonyl (C=O) groups is 1. The van der Waals surface area contributed by atoms with Gasteiger partial charge in [0.25, 0.3) is 0 Å². The second-order valence-electron chi connectivity index (χ2n) is 8.11. The maximum absolute atomic E-state index is 14.6. The molecule has 0 aliphatic heterocycles. The molecule has 0 atom stereocenters. The number of nitrogens with zero attached hydrogens (tertiary/aromatic N) is 4. The van der Waals surface area contributed by atoms with Crippen LogP contribution >= 0.6 is 0 Å². The molecule has 1 aliphatic carbocycles. The first-order chi connectivity index (χ1) is 13.9. The van der Waals surface area contributed by atoms with Crippen LogP contribution in [0.1, 0.15) is 25.7 Å². The van der Waals surface area contributed by atoms with Crippen molar-refractivity contribution in [2.24, 2.45) is 13.0 Å². The van der Waals surface area contributed by atoms with Crippen molar-refractivity contribution in [2.75, 3.05) is 19.4 Å². The predicted octanol–water partition coefficient (Wildman–Crippen LogP) is 3.83. The first kappa shape index (κ1) is 19.5. The Morgan fingerprint density at radius 3 is 2.55 bits per heavy atom. The van der Waals surface area contributed by atoms with E-state index in [4.69, 9.17) is 0 Å². The molecule has 3 aromatic rings. The Morgan fingerprint density at radius 2 is 1.90 bits per heavy atom. The van der Waals surface area contributed by atoms with E-state index in [0.29, 0.717) is 22.6 Å². The molecule has 1 saturated carbocycles. The van der Waals surface area contributed by atoms with Gasteiger partial charge in [-0.3, -0.25) is 9.48 Å². The number of rotatable bonds is 4. The van der Waals surface area contributed by atoms with Gasteiger partial charge in [0.2, 0.25) is 5.91 Å². The van der Waals surface area contributed by atoms with Crippen LogP contribution in [0.5, 0.6) is 0 Å². The molecule has 1 aromatic carbocycles. The van der Waals surface area contributed by atoms with E-state index in [0.717, 1.165) is 36.8 Å². The molecule has 0 saturated heterocycles. The number of benzene rings is 1. The average molecular weight is 395 g/mol. The van der Waals surface area contributed by atoms with Crippen LogP contribution < -0.4 is 5.32 Å². The smallest absolute Gasteiger partial charge is 0.228 e. The minimum atomic E-state index is -0.339. The van der Waals surface area contributed by atoms with E-state index in [-0.39, 0.29) is 17.6 Å². The number of hydrogen-bond donors (Lipinski definition) is 1. The van der Waals surface area contributed by atoms with Gasteiger partial charge < -0.3 is 10.2 Å². The lowest BCUT2D eigenvalue weighted by Gasteiger charge is -2.31. The molecule has 152 valence electrons. The second kappa shape index (κ2) is 7.91. The predicted molar refractivity (Wildman–Crippen MR) is 112 cm³/mol. The fraction of sp³-hybridized carbons (Fsp3) is 0.409. The van der Waals surface area contributed by atoms with E-state index in [9.17, 15) is 9.18 Å². The Bertz CT molecular complexity index is 1040. The number of nitrogens with one attached hydrogen (secondary N) is 1. The first-order valence-corrected chi connectivity index (χ1v) is 9.96.